The number of methoxy groups -OCH3 is 1. The van der Waals surface area contributed by atoms with Crippen LogP contribution < -0.4 is 0 Å². The summed E-state index contributed by atoms with van der Waals surface area (Å²) in [5.74, 6) is -0.313. The number of thiophene rings is 1. The first-order valence-corrected chi connectivity index (χ1v) is 8.01. The van der Waals surface area contributed by atoms with Gasteiger partial charge in [0.1, 0.15) is 10.6 Å². The molecule has 116 valence electrons. The van der Waals surface area contributed by atoms with Crippen molar-refractivity contribution in [2.24, 2.45) is 0 Å². The molecule has 0 aliphatic rings. The van der Waals surface area contributed by atoms with E-state index in [1.165, 1.54) is 24.0 Å². The summed E-state index contributed by atoms with van der Waals surface area (Å²) in [6.45, 7) is 0.699. The molecule has 0 radical (unpaired) electrons. The molecule has 0 atom stereocenters. The van der Waals surface area contributed by atoms with Crippen LogP contribution in [-0.4, -0.2) is 22.9 Å². The third-order valence-corrected chi connectivity index (χ3v) is 4.38. The highest BCUT2D eigenvalue weighted by Gasteiger charge is 2.11. The molecule has 4 nitrogen and oxygen atoms in total. The van der Waals surface area contributed by atoms with Crippen molar-refractivity contribution in [2.75, 3.05) is 7.11 Å². The molecule has 0 saturated heterocycles. The summed E-state index contributed by atoms with van der Waals surface area (Å²) in [5.41, 5.74) is 2.03. The Morgan fingerprint density at radius 3 is 2.83 bits per heavy atom. The van der Waals surface area contributed by atoms with Crippen LogP contribution in [0.15, 0.2) is 60.8 Å². The highest BCUT2D eigenvalue weighted by atomic mass is 32.1. The maximum atomic E-state index is 11.5. The number of carbonyl (C=O) groups excluding carboxylic acids is 1. The number of ether oxygens (including phenoxy) is 1. The molecular formula is C18H16N2O2S. The molecule has 0 aliphatic carbocycles. The molecule has 3 rings (SSSR count). The van der Waals surface area contributed by atoms with Gasteiger partial charge in [-0.1, -0.05) is 42.5 Å². The van der Waals surface area contributed by atoms with E-state index in [-0.39, 0.29) is 5.97 Å². The first-order valence-electron chi connectivity index (χ1n) is 7.20. The molecule has 3 aromatic rings. The van der Waals surface area contributed by atoms with E-state index in [0.29, 0.717) is 11.4 Å². The molecule has 0 fully saturated rings. The van der Waals surface area contributed by atoms with Crippen LogP contribution >= 0.6 is 11.3 Å². The van der Waals surface area contributed by atoms with Crippen molar-refractivity contribution in [3.8, 4) is 10.6 Å². The summed E-state index contributed by atoms with van der Waals surface area (Å²) in [6.07, 6.45) is 6.07. The minimum absolute atomic E-state index is 0.313. The maximum Gasteiger partial charge on any atom is 0.348 e. The average Bonchev–Trinajstić information content (AvgIpc) is 3.24. The van der Waals surface area contributed by atoms with Crippen LogP contribution in [0.4, 0.5) is 0 Å². The SMILES string of the molecule is COC(=O)c1ccc(-c2ccn(CC=Cc3ccccc3)n2)s1. The minimum Gasteiger partial charge on any atom is -0.465 e. The maximum absolute atomic E-state index is 11.5. The van der Waals surface area contributed by atoms with Crippen molar-refractivity contribution >= 4 is 23.4 Å². The van der Waals surface area contributed by atoms with E-state index >= 15 is 0 Å². The smallest absolute Gasteiger partial charge is 0.348 e. The van der Waals surface area contributed by atoms with Gasteiger partial charge in [0, 0.05) is 6.20 Å². The number of benzene rings is 1. The number of aromatic nitrogens is 2. The summed E-state index contributed by atoms with van der Waals surface area (Å²) in [4.78, 5) is 13.0. The van der Waals surface area contributed by atoms with E-state index in [2.05, 4.69) is 29.4 Å². The van der Waals surface area contributed by atoms with Crippen LogP contribution in [0.2, 0.25) is 0 Å². The molecule has 0 saturated carbocycles. The second-order valence-corrected chi connectivity index (χ2v) is 5.98. The zero-order valence-corrected chi connectivity index (χ0v) is 13.5. The van der Waals surface area contributed by atoms with E-state index in [1.54, 1.807) is 6.07 Å². The van der Waals surface area contributed by atoms with E-state index < -0.39 is 0 Å². The summed E-state index contributed by atoms with van der Waals surface area (Å²) in [7, 11) is 1.38. The third kappa shape index (κ3) is 3.76. The highest BCUT2D eigenvalue weighted by molar-refractivity contribution is 7.17. The molecule has 2 aromatic heterocycles. The van der Waals surface area contributed by atoms with Crippen LogP contribution in [0.3, 0.4) is 0 Å². The lowest BCUT2D eigenvalue weighted by atomic mass is 10.2. The predicted octanol–water partition coefficient (Wildman–Crippen LogP) is 4.11. The lowest BCUT2D eigenvalue weighted by Gasteiger charge is -1.96. The second-order valence-electron chi connectivity index (χ2n) is 4.89. The van der Waals surface area contributed by atoms with Crippen molar-refractivity contribution in [1.82, 2.24) is 9.78 Å². The lowest BCUT2D eigenvalue weighted by Crippen LogP contribution is -1.96. The van der Waals surface area contributed by atoms with Crippen molar-refractivity contribution in [3.05, 3.63) is 71.2 Å². The number of carbonyl (C=O) groups is 1. The van der Waals surface area contributed by atoms with Crippen molar-refractivity contribution in [1.29, 1.82) is 0 Å². The second kappa shape index (κ2) is 7.07. The number of rotatable bonds is 5. The third-order valence-electron chi connectivity index (χ3n) is 3.29. The van der Waals surface area contributed by atoms with E-state index in [1.807, 2.05) is 41.2 Å². The molecule has 1 aromatic carbocycles. The molecule has 0 N–H and O–H groups in total. The van der Waals surface area contributed by atoms with Gasteiger partial charge >= 0.3 is 5.97 Å². The minimum atomic E-state index is -0.313. The predicted molar refractivity (Wildman–Crippen MR) is 92.4 cm³/mol. The van der Waals surface area contributed by atoms with Gasteiger partial charge in [0.15, 0.2) is 0 Å². The molecule has 5 heteroatoms. The van der Waals surface area contributed by atoms with Crippen LogP contribution in [0.1, 0.15) is 15.2 Å². The zero-order valence-electron chi connectivity index (χ0n) is 12.7. The summed E-state index contributed by atoms with van der Waals surface area (Å²) in [5, 5.41) is 4.53. The molecule has 0 amide bonds. The zero-order chi connectivity index (χ0) is 16.1. The Hall–Kier alpha value is -2.66. The molecule has 0 bridgehead atoms. The van der Waals surface area contributed by atoms with Gasteiger partial charge in [0.2, 0.25) is 0 Å². The molecular weight excluding hydrogens is 308 g/mol. The summed E-state index contributed by atoms with van der Waals surface area (Å²) in [6, 6.07) is 15.8. The summed E-state index contributed by atoms with van der Waals surface area (Å²) >= 11 is 1.38. The Bertz CT molecular complexity index is 818. The topological polar surface area (TPSA) is 44.1 Å². The number of hydrogen-bond acceptors (Lipinski definition) is 4. The molecule has 2 heterocycles. The standard InChI is InChI=1S/C18H16N2O2S/c1-22-18(21)17-10-9-16(23-17)15-11-13-20(19-15)12-5-8-14-6-3-2-4-7-14/h2-11,13H,12H2,1H3. The van der Waals surface area contributed by atoms with E-state index in [0.717, 1.165) is 10.6 Å². The fourth-order valence-corrected chi connectivity index (χ4v) is 3.03. The van der Waals surface area contributed by atoms with Crippen molar-refractivity contribution in [2.45, 2.75) is 6.54 Å². The number of allylic oxidation sites excluding steroid dienone is 1. The fraction of sp³-hybridized carbons (Fsp3) is 0.111. The Kier molecular flexibility index (Phi) is 4.68. The van der Waals surface area contributed by atoms with Gasteiger partial charge in [0.25, 0.3) is 0 Å². The van der Waals surface area contributed by atoms with Crippen LogP contribution in [0.5, 0.6) is 0 Å². The molecule has 0 aliphatic heterocycles. The van der Waals surface area contributed by atoms with Gasteiger partial charge < -0.3 is 4.74 Å². The normalized spacial score (nSPS) is 11.0. The Labute approximate surface area is 138 Å². The van der Waals surface area contributed by atoms with Gasteiger partial charge in [-0.15, -0.1) is 11.3 Å². The van der Waals surface area contributed by atoms with Crippen molar-refractivity contribution < 1.29 is 9.53 Å². The van der Waals surface area contributed by atoms with Crippen LogP contribution in [0.25, 0.3) is 16.6 Å². The van der Waals surface area contributed by atoms with Gasteiger partial charge in [-0.05, 0) is 23.8 Å². The largest absolute Gasteiger partial charge is 0.465 e. The van der Waals surface area contributed by atoms with Gasteiger partial charge in [-0.25, -0.2) is 4.79 Å². The van der Waals surface area contributed by atoms with Crippen LogP contribution in [-0.2, 0) is 11.3 Å². The molecule has 0 unspecified atom stereocenters. The van der Waals surface area contributed by atoms with Gasteiger partial charge in [0.05, 0.1) is 18.5 Å². The Morgan fingerprint density at radius 1 is 1.22 bits per heavy atom. The number of hydrogen-bond donors (Lipinski definition) is 0. The van der Waals surface area contributed by atoms with Crippen molar-refractivity contribution in [3.63, 3.8) is 0 Å². The molecule has 23 heavy (non-hydrogen) atoms. The number of esters is 1. The quantitative estimate of drug-likeness (QED) is 0.663. The number of nitrogens with zero attached hydrogens (tertiary/aromatic N) is 2. The highest BCUT2D eigenvalue weighted by Crippen LogP contribution is 2.27. The first kappa shape index (κ1) is 15.2. The Balaban J connectivity index is 1.67. The monoisotopic (exact) mass is 324 g/mol. The molecule has 0 spiro atoms. The first-order chi connectivity index (χ1) is 11.3. The van der Waals surface area contributed by atoms with Crippen LogP contribution in [0, 0.1) is 0 Å². The Morgan fingerprint density at radius 2 is 2.04 bits per heavy atom. The average molecular weight is 324 g/mol. The van der Waals surface area contributed by atoms with Gasteiger partial charge in [-0.3, -0.25) is 4.68 Å². The lowest BCUT2D eigenvalue weighted by molar-refractivity contribution is 0.0606. The fourth-order valence-electron chi connectivity index (χ4n) is 2.14. The summed E-state index contributed by atoms with van der Waals surface area (Å²) < 4.78 is 6.59. The van der Waals surface area contributed by atoms with Gasteiger partial charge in [-0.2, -0.15) is 5.10 Å². The van der Waals surface area contributed by atoms with E-state index in [4.69, 9.17) is 4.74 Å². The van der Waals surface area contributed by atoms with E-state index in [9.17, 15) is 4.79 Å².